The maximum Gasteiger partial charge on any atom is 0.342 e. The highest BCUT2D eigenvalue weighted by Crippen LogP contribution is 2.31. The van der Waals surface area contributed by atoms with Crippen LogP contribution >= 0.6 is 22.6 Å². The van der Waals surface area contributed by atoms with E-state index in [0.29, 0.717) is 15.6 Å². The Hall–Kier alpha value is -0.780. The third-order valence-corrected chi connectivity index (χ3v) is 3.11. The molecular weight excluding hydrogens is 295 g/mol. The number of halogens is 1. The molecule has 4 heteroatoms. The van der Waals surface area contributed by atoms with Gasteiger partial charge in [0.2, 0.25) is 0 Å². The molecule has 1 atom stereocenters. The highest BCUT2D eigenvalue weighted by Gasteiger charge is 2.27. The highest BCUT2D eigenvalue weighted by atomic mass is 127. The summed E-state index contributed by atoms with van der Waals surface area (Å²) in [7, 11) is 0. The van der Waals surface area contributed by atoms with Crippen molar-refractivity contribution >= 4 is 28.6 Å². The Morgan fingerprint density at radius 2 is 2.29 bits per heavy atom. The van der Waals surface area contributed by atoms with Gasteiger partial charge in [0.05, 0.1) is 3.57 Å². The van der Waals surface area contributed by atoms with Crippen molar-refractivity contribution in [3.8, 4) is 5.75 Å². The van der Waals surface area contributed by atoms with Gasteiger partial charge < -0.3 is 9.84 Å². The standard InChI is InChI=1S/C10H9IO3/c1-5-4-6-2-3-7(11)9(12)8(6)10(13)14-5/h2-3,5,12H,4H2,1H3/t5-/m1/s1. The quantitative estimate of drug-likeness (QED) is 0.590. The second kappa shape index (κ2) is 3.42. The largest absolute Gasteiger partial charge is 0.506 e. The molecule has 0 aliphatic carbocycles. The molecule has 0 radical (unpaired) electrons. The van der Waals surface area contributed by atoms with Crippen molar-refractivity contribution < 1.29 is 14.6 Å². The third-order valence-electron chi connectivity index (χ3n) is 2.23. The van der Waals surface area contributed by atoms with Gasteiger partial charge in [-0.3, -0.25) is 0 Å². The van der Waals surface area contributed by atoms with Crippen LogP contribution in [-0.2, 0) is 11.2 Å². The number of hydrogen-bond acceptors (Lipinski definition) is 3. The van der Waals surface area contributed by atoms with Crippen LogP contribution in [0.1, 0.15) is 22.8 Å². The fourth-order valence-electron chi connectivity index (χ4n) is 1.60. The Morgan fingerprint density at radius 1 is 1.57 bits per heavy atom. The third kappa shape index (κ3) is 1.47. The average Bonchev–Trinajstić information content (AvgIpc) is 2.10. The van der Waals surface area contributed by atoms with Crippen LogP contribution in [0.25, 0.3) is 0 Å². The minimum absolute atomic E-state index is 0.0417. The van der Waals surface area contributed by atoms with Gasteiger partial charge in [0, 0.05) is 6.42 Å². The molecule has 0 saturated carbocycles. The number of benzene rings is 1. The topological polar surface area (TPSA) is 46.5 Å². The Balaban J connectivity index is 2.60. The predicted molar refractivity (Wildman–Crippen MR) is 59.4 cm³/mol. The van der Waals surface area contributed by atoms with Crippen molar-refractivity contribution in [3.63, 3.8) is 0 Å². The zero-order valence-corrected chi connectivity index (χ0v) is 9.74. The summed E-state index contributed by atoms with van der Waals surface area (Å²) in [5.41, 5.74) is 1.20. The molecule has 1 heterocycles. The van der Waals surface area contributed by atoms with Crippen LogP contribution in [0.3, 0.4) is 0 Å². The molecule has 0 bridgehead atoms. The second-order valence-corrected chi connectivity index (χ2v) is 4.51. The second-order valence-electron chi connectivity index (χ2n) is 3.35. The fraction of sp³-hybridized carbons (Fsp3) is 0.300. The molecule has 1 N–H and O–H groups in total. The Bertz CT molecular complexity index is 401. The van der Waals surface area contributed by atoms with E-state index in [1.807, 2.05) is 35.6 Å². The van der Waals surface area contributed by atoms with Crippen LogP contribution in [0, 0.1) is 3.57 Å². The Labute approximate surface area is 95.2 Å². The van der Waals surface area contributed by atoms with E-state index in [2.05, 4.69) is 0 Å². The van der Waals surface area contributed by atoms with E-state index in [-0.39, 0.29) is 11.9 Å². The smallest absolute Gasteiger partial charge is 0.342 e. The molecule has 0 aromatic heterocycles. The summed E-state index contributed by atoms with van der Waals surface area (Å²) in [6, 6.07) is 3.67. The zero-order valence-electron chi connectivity index (χ0n) is 7.58. The maximum atomic E-state index is 11.5. The van der Waals surface area contributed by atoms with Crippen molar-refractivity contribution in [3.05, 3.63) is 26.8 Å². The molecule has 1 aromatic carbocycles. The van der Waals surface area contributed by atoms with Crippen LogP contribution in [0.2, 0.25) is 0 Å². The predicted octanol–water partition coefficient (Wildman–Crippen LogP) is 2.10. The van der Waals surface area contributed by atoms with Gasteiger partial charge in [-0.2, -0.15) is 0 Å². The number of hydrogen-bond donors (Lipinski definition) is 1. The number of aromatic hydroxyl groups is 1. The first kappa shape index (κ1) is 9.76. The van der Waals surface area contributed by atoms with Crippen molar-refractivity contribution in [1.82, 2.24) is 0 Å². The first-order valence-corrected chi connectivity index (χ1v) is 5.39. The molecule has 1 aliphatic heterocycles. The van der Waals surface area contributed by atoms with Gasteiger partial charge >= 0.3 is 5.97 Å². The van der Waals surface area contributed by atoms with Crippen LogP contribution in [-0.4, -0.2) is 17.2 Å². The number of fused-ring (bicyclic) bond motifs is 1. The first-order valence-electron chi connectivity index (χ1n) is 4.31. The van der Waals surface area contributed by atoms with Crippen LogP contribution in [0.5, 0.6) is 5.75 Å². The molecule has 0 saturated heterocycles. The van der Waals surface area contributed by atoms with Gasteiger partial charge in [0.15, 0.2) is 0 Å². The molecule has 14 heavy (non-hydrogen) atoms. The van der Waals surface area contributed by atoms with Crippen LogP contribution in [0.4, 0.5) is 0 Å². The summed E-state index contributed by atoms with van der Waals surface area (Å²) in [6.07, 6.45) is 0.570. The molecule has 1 aliphatic rings. The minimum atomic E-state index is -0.422. The Kier molecular flexibility index (Phi) is 2.38. The molecular formula is C10H9IO3. The number of carbonyl (C=O) groups is 1. The number of phenolic OH excluding ortho intramolecular Hbond substituents is 1. The average molecular weight is 304 g/mol. The van der Waals surface area contributed by atoms with Crippen molar-refractivity contribution in [2.45, 2.75) is 19.4 Å². The summed E-state index contributed by atoms with van der Waals surface area (Å²) in [5, 5.41) is 9.69. The lowest BCUT2D eigenvalue weighted by atomic mass is 9.98. The van der Waals surface area contributed by atoms with E-state index in [1.54, 1.807) is 6.07 Å². The summed E-state index contributed by atoms with van der Waals surface area (Å²) in [6.45, 7) is 1.84. The van der Waals surface area contributed by atoms with Crippen molar-refractivity contribution in [2.75, 3.05) is 0 Å². The number of carbonyl (C=O) groups excluding carboxylic acids is 1. The molecule has 0 fully saturated rings. The monoisotopic (exact) mass is 304 g/mol. The molecule has 3 nitrogen and oxygen atoms in total. The first-order chi connectivity index (χ1) is 6.59. The van der Waals surface area contributed by atoms with Gasteiger partial charge in [-0.15, -0.1) is 0 Å². The number of ether oxygens (including phenoxy) is 1. The summed E-state index contributed by atoms with van der Waals surface area (Å²) >= 11 is 1.99. The highest BCUT2D eigenvalue weighted by molar-refractivity contribution is 14.1. The number of phenols is 1. The van der Waals surface area contributed by atoms with Gasteiger partial charge in [0.25, 0.3) is 0 Å². The lowest BCUT2D eigenvalue weighted by Crippen LogP contribution is -2.25. The van der Waals surface area contributed by atoms with Crippen molar-refractivity contribution in [1.29, 1.82) is 0 Å². The number of esters is 1. The SMILES string of the molecule is C[C@@H]1Cc2ccc(I)c(O)c2C(=O)O1. The van der Waals surface area contributed by atoms with Gasteiger partial charge in [-0.05, 0) is 41.1 Å². The number of rotatable bonds is 0. The van der Waals surface area contributed by atoms with Gasteiger partial charge in [-0.1, -0.05) is 6.07 Å². The van der Waals surface area contributed by atoms with E-state index < -0.39 is 5.97 Å². The van der Waals surface area contributed by atoms with E-state index in [1.165, 1.54) is 0 Å². The lowest BCUT2D eigenvalue weighted by Gasteiger charge is -2.22. The van der Waals surface area contributed by atoms with E-state index in [0.717, 1.165) is 5.56 Å². The number of cyclic esters (lactones) is 1. The van der Waals surface area contributed by atoms with E-state index >= 15 is 0 Å². The lowest BCUT2D eigenvalue weighted by molar-refractivity contribution is 0.0297. The fourth-order valence-corrected chi connectivity index (χ4v) is 2.05. The molecule has 0 spiro atoms. The zero-order chi connectivity index (χ0) is 10.3. The van der Waals surface area contributed by atoms with Crippen molar-refractivity contribution in [2.24, 2.45) is 0 Å². The molecule has 74 valence electrons. The maximum absolute atomic E-state index is 11.5. The van der Waals surface area contributed by atoms with E-state index in [9.17, 15) is 9.90 Å². The van der Waals surface area contributed by atoms with Gasteiger partial charge in [-0.25, -0.2) is 4.79 Å². The Morgan fingerprint density at radius 3 is 3.00 bits per heavy atom. The molecule has 0 unspecified atom stereocenters. The molecule has 2 rings (SSSR count). The normalized spacial score (nSPS) is 20.1. The minimum Gasteiger partial charge on any atom is -0.506 e. The van der Waals surface area contributed by atoms with Crippen LogP contribution in [0.15, 0.2) is 12.1 Å². The van der Waals surface area contributed by atoms with Gasteiger partial charge in [0.1, 0.15) is 17.4 Å². The van der Waals surface area contributed by atoms with Crippen LogP contribution < -0.4 is 0 Å². The molecule has 1 aromatic rings. The van der Waals surface area contributed by atoms with E-state index in [4.69, 9.17) is 4.74 Å². The molecule has 0 amide bonds. The summed E-state index contributed by atoms with van der Waals surface area (Å²) in [4.78, 5) is 11.5. The summed E-state index contributed by atoms with van der Waals surface area (Å²) < 4.78 is 5.72. The summed E-state index contributed by atoms with van der Waals surface area (Å²) in [5.74, 6) is -0.380.